The molecule has 7 heteroatoms. The van der Waals surface area contributed by atoms with Crippen molar-refractivity contribution in [2.45, 2.75) is 42.4 Å². The maximum absolute atomic E-state index is 13.2. The predicted molar refractivity (Wildman–Crippen MR) is 126 cm³/mol. The molecule has 0 bridgehead atoms. The Balaban J connectivity index is 1.34. The second-order valence-electron chi connectivity index (χ2n) is 8.82. The summed E-state index contributed by atoms with van der Waals surface area (Å²) < 4.78 is 2.05. The monoisotopic (exact) mass is 454 g/mol. The first-order chi connectivity index (χ1) is 16.0. The molecule has 2 aliphatic rings. The largest absolute Gasteiger partial charge is 0.285 e. The third-order valence-corrected chi connectivity index (χ3v) is 7.72. The fraction of sp³-hybridized carbons (Fsp3) is 0.231. The van der Waals surface area contributed by atoms with E-state index in [0.29, 0.717) is 17.5 Å². The second-order valence-corrected chi connectivity index (χ2v) is 10.1. The molecule has 3 heterocycles. The number of hydrogen-bond acceptors (Lipinski definition) is 5. The van der Waals surface area contributed by atoms with E-state index in [1.807, 2.05) is 24.3 Å². The van der Waals surface area contributed by atoms with Gasteiger partial charge in [-0.1, -0.05) is 50.2 Å². The average Bonchev–Trinajstić information content (AvgIpc) is 3.47. The van der Waals surface area contributed by atoms with Crippen molar-refractivity contribution in [3.8, 4) is 0 Å². The molecule has 0 radical (unpaired) electrons. The zero-order valence-corrected chi connectivity index (χ0v) is 19.1. The molecule has 6 rings (SSSR count). The molecule has 0 saturated carbocycles. The lowest BCUT2D eigenvalue weighted by molar-refractivity contribution is 0.0582. The van der Waals surface area contributed by atoms with E-state index in [4.69, 9.17) is 0 Å². The summed E-state index contributed by atoms with van der Waals surface area (Å²) in [6.45, 7) is 4.21. The fourth-order valence-electron chi connectivity index (χ4n) is 4.93. The van der Waals surface area contributed by atoms with Crippen molar-refractivity contribution in [2.75, 3.05) is 0 Å². The highest BCUT2D eigenvalue weighted by Gasteiger charge is 2.45. The Labute approximate surface area is 195 Å². The van der Waals surface area contributed by atoms with Gasteiger partial charge in [0.1, 0.15) is 5.82 Å². The molecule has 2 aromatic carbocycles. The van der Waals surface area contributed by atoms with Crippen LogP contribution >= 0.6 is 11.8 Å². The number of imide groups is 1. The number of carbonyl (C=O) groups is 2. The number of thioether (sulfide) groups is 1. The molecule has 1 aliphatic carbocycles. The minimum atomic E-state index is -0.268. The predicted octanol–water partition coefficient (Wildman–Crippen LogP) is 5.43. The van der Waals surface area contributed by atoms with Gasteiger partial charge >= 0.3 is 0 Å². The van der Waals surface area contributed by atoms with Crippen molar-refractivity contribution in [2.24, 2.45) is 0 Å². The summed E-state index contributed by atoms with van der Waals surface area (Å²) >= 11 is 1.76. The van der Waals surface area contributed by atoms with Gasteiger partial charge in [-0.05, 0) is 41.8 Å². The van der Waals surface area contributed by atoms with E-state index in [-0.39, 0.29) is 29.0 Å². The topological polar surface area (TPSA) is 67.6 Å². The minimum absolute atomic E-state index is 0.131. The molecule has 0 fully saturated rings. The van der Waals surface area contributed by atoms with Crippen LogP contribution in [0.15, 0.2) is 71.8 Å². The first-order valence-electron chi connectivity index (χ1n) is 11.1. The van der Waals surface area contributed by atoms with Crippen LogP contribution < -0.4 is 0 Å². The molecule has 2 atom stereocenters. The highest BCUT2D eigenvalue weighted by Crippen LogP contribution is 2.52. The minimum Gasteiger partial charge on any atom is -0.285 e. The van der Waals surface area contributed by atoms with E-state index >= 15 is 0 Å². The molecule has 2 amide bonds. The lowest BCUT2D eigenvalue weighted by atomic mass is 10.1. The Hall–Kier alpha value is -3.45. The third kappa shape index (κ3) is 3.10. The molecule has 2 aromatic heterocycles. The van der Waals surface area contributed by atoms with Gasteiger partial charge < -0.3 is 0 Å². The van der Waals surface area contributed by atoms with Crippen LogP contribution in [0.1, 0.15) is 75.1 Å². The normalized spacial score (nSPS) is 19.5. The van der Waals surface area contributed by atoms with Gasteiger partial charge in [-0.2, -0.15) is 0 Å². The van der Waals surface area contributed by atoms with Crippen LogP contribution in [0.3, 0.4) is 0 Å². The van der Waals surface area contributed by atoms with Crippen LogP contribution in [0.25, 0.3) is 5.65 Å². The van der Waals surface area contributed by atoms with Gasteiger partial charge in [0.05, 0.1) is 17.2 Å². The summed E-state index contributed by atoms with van der Waals surface area (Å²) in [5.41, 5.74) is 4.05. The molecule has 0 saturated heterocycles. The summed E-state index contributed by atoms with van der Waals surface area (Å²) in [6.07, 6.45) is 2.78. The molecule has 6 nitrogen and oxygen atoms in total. The summed E-state index contributed by atoms with van der Waals surface area (Å²) in [4.78, 5) is 28.9. The Morgan fingerprint density at radius 1 is 0.879 bits per heavy atom. The number of pyridine rings is 1. The van der Waals surface area contributed by atoms with Crippen LogP contribution in [-0.2, 0) is 0 Å². The smallest absolute Gasteiger partial charge is 0.262 e. The number of fused-ring (bicyclic) bond motifs is 3. The van der Waals surface area contributed by atoms with E-state index in [9.17, 15) is 9.59 Å². The van der Waals surface area contributed by atoms with Gasteiger partial charge in [-0.25, -0.2) is 0 Å². The highest BCUT2D eigenvalue weighted by molar-refractivity contribution is 7.99. The van der Waals surface area contributed by atoms with Gasteiger partial charge in [-0.15, -0.1) is 22.0 Å². The quantitative estimate of drug-likeness (QED) is 0.385. The summed E-state index contributed by atoms with van der Waals surface area (Å²) in [6, 6.07) is 19.0. The lowest BCUT2D eigenvalue weighted by Gasteiger charge is -2.23. The molecule has 0 unspecified atom stereocenters. The molecule has 0 N–H and O–H groups in total. The van der Waals surface area contributed by atoms with E-state index in [2.05, 4.69) is 46.8 Å². The summed E-state index contributed by atoms with van der Waals surface area (Å²) in [5, 5.41) is 8.73. The molecule has 1 aliphatic heterocycles. The molecule has 4 aromatic rings. The van der Waals surface area contributed by atoms with Crippen molar-refractivity contribution >= 4 is 29.2 Å². The molecule has 164 valence electrons. The number of aromatic nitrogens is 3. The molecule has 33 heavy (non-hydrogen) atoms. The van der Waals surface area contributed by atoms with E-state index in [1.165, 1.54) is 10.5 Å². The molecule has 0 spiro atoms. The van der Waals surface area contributed by atoms with Crippen molar-refractivity contribution in [3.05, 3.63) is 94.9 Å². The highest BCUT2D eigenvalue weighted by atomic mass is 32.2. The zero-order valence-electron chi connectivity index (χ0n) is 18.3. The van der Waals surface area contributed by atoms with Crippen LogP contribution in [0.5, 0.6) is 0 Å². The van der Waals surface area contributed by atoms with Crippen molar-refractivity contribution < 1.29 is 9.59 Å². The summed E-state index contributed by atoms with van der Waals surface area (Å²) in [5.74, 6) is 0.802. The Morgan fingerprint density at radius 2 is 1.55 bits per heavy atom. The third-order valence-electron chi connectivity index (χ3n) is 6.47. The number of nitrogens with zero attached hydrogens (tertiary/aromatic N) is 4. The number of amides is 2. The van der Waals surface area contributed by atoms with Crippen LogP contribution in [0.2, 0.25) is 0 Å². The molecular weight excluding hydrogens is 432 g/mol. The first kappa shape index (κ1) is 20.2. The number of rotatable bonds is 4. The number of carbonyl (C=O) groups excluding carboxylic acids is 2. The Bertz CT molecular complexity index is 1390. The summed E-state index contributed by atoms with van der Waals surface area (Å²) in [7, 11) is 0. The fourth-order valence-corrected chi connectivity index (χ4v) is 6.19. The van der Waals surface area contributed by atoms with Gasteiger partial charge in [0.25, 0.3) is 11.8 Å². The lowest BCUT2D eigenvalue weighted by Crippen LogP contribution is -2.33. The van der Waals surface area contributed by atoms with Crippen LogP contribution in [-0.4, -0.2) is 31.3 Å². The Kier molecular flexibility index (Phi) is 4.62. The van der Waals surface area contributed by atoms with Crippen molar-refractivity contribution in [3.63, 3.8) is 0 Å². The maximum Gasteiger partial charge on any atom is 0.262 e. The van der Waals surface area contributed by atoms with Gasteiger partial charge in [-0.3, -0.25) is 18.9 Å². The average molecular weight is 455 g/mol. The standard InChI is InChI=1S/C26H22N4O2S/c1-15(2)24-28-27-23-12-11-16(14-29(23)24)33-22-13-21(17-7-3-4-8-18(17)22)30-25(31)19-9-5-6-10-20(19)26(30)32/h3-12,14-15,21-22H,13H2,1-2H3/t21-,22-/m1/s1. The molecular formula is C26H22N4O2S. The number of benzene rings is 2. The van der Waals surface area contributed by atoms with Crippen LogP contribution in [0.4, 0.5) is 0 Å². The van der Waals surface area contributed by atoms with Crippen molar-refractivity contribution in [1.29, 1.82) is 0 Å². The van der Waals surface area contributed by atoms with Gasteiger partial charge in [0.15, 0.2) is 5.65 Å². The Morgan fingerprint density at radius 3 is 2.24 bits per heavy atom. The first-order valence-corrected chi connectivity index (χ1v) is 12.0. The zero-order chi connectivity index (χ0) is 22.7. The maximum atomic E-state index is 13.2. The van der Waals surface area contributed by atoms with Gasteiger partial charge in [0, 0.05) is 22.3 Å². The van der Waals surface area contributed by atoms with Crippen LogP contribution in [0, 0.1) is 0 Å². The van der Waals surface area contributed by atoms with E-state index < -0.39 is 0 Å². The SMILES string of the molecule is CC(C)c1nnc2ccc(S[C@@H]3C[C@@H](N4C(=O)c5ccccc5C4=O)c4ccccc43)cn12. The second kappa shape index (κ2) is 7.56. The van der Waals surface area contributed by atoms with Crippen molar-refractivity contribution in [1.82, 2.24) is 19.5 Å². The van der Waals surface area contributed by atoms with E-state index in [1.54, 1.807) is 36.0 Å². The van der Waals surface area contributed by atoms with E-state index in [0.717, 1.165) is 21.9 Å². The van der Waals surface area contributed by atoms with Gasteiger partial charge in [0.2, 0.25) is 0 Å². The number of hydrogen-bond donors (Lipinski definition) is 0.